The lowest BCUT2D eigenvalue weighted by Gasteiger charge is -2.23. The maximum Gasteiger partial charge on any atom is 0.313 e. The van der Waals surface area contributed by atoms with Crippen LogP contribution in [0.2, 0.25) is 0 Å². The summed E-state index contributed by atoms with van der Waals surface area (Å²) < 4.78 is -1.11. The number of carbonyl (C=O) groups is 4. The molecule has 0 radical (unpaired) electrons. The van der Waals surface area contributed by atoms with Crippen LogP contribution in [0.15, 0.2) is 0 Å². The van der Waals surface area contributed by atoms with E-state index in [4.69, 9.17) is 20.4 Å². The highest BCUT2D eigenvalue weighted by Crippen LogP contribution is 2.39. The van der Waals surface area contributed by atoms with Gasteiger partial charge in [-0.25, -0.2) is 0 Å². The standard InChI is InChI=1S/C10H14O8S4/c11-5(12)1-19-9(20-2-6(13)14)10(21-3-7(15)16)22-4-8(17)18/h9-10H,1-4H2,(H,11,12)(H,13,14)(H,15,16)(H,17,18). The lowest BCUT2D eigenvalue weighted by molar-refractivity contribution is -0.135. The van der Waals surface area contributed by atoms with Gasteiger partial charge in [-0.1, -0.05) is 0 Å². The summed E-state index contributed by atoms with van der Waals surface area (Å²) in [6, 6.07) is 0. The van der Waals surface area contributed by atoms with E-state index in [9.17, 15) is 19.2 Å². The minimum atomic E-state index is -1.09. The monoisotopic (exact) mass is 390 g/mol. The Hall–Kier alpha value is -0.720. The van der Waals surface area contributed by atoms with E-state index in [2.05, 4.69) is 0 Å². The molecule has 0 aromatic carbocycles. The highest BCUT2D eigenvalue weighted by atomic mass is 32.2. The van der Waals surface area contributed by atoms with E-state index in [1.54, 1.807) is 0 Å². The number of carboxylic acids is 4. The SMILES string of the molecule is O=C(O)CSC(SCC(=O)O)C(SCC(=O)O)SCC(=O)O. The Bertz CT molecular complexity index is 342. The van der Waals surface area contributed by atoms with Crippen LogP contribution in [0.3, 0.4) is 0 Å². The van der Waals surface area contributed by atoms with Crippen LogP contribution in [0.5, 0.6) is 0 Å². The first-order valence-electron chi connectivity index (χ1n) is 5.56. The Labute approximate surface area is 142 Å². The Morgan fingerprint density at radius 2 is 0.727 bits per heavy atom. The van der Waals surface area contributed by atoms with Crippen molar-refractivity contribution in [1.82, 2.24) is 0 Å². The summed E-state index contributed by atoms with van der Waals surface area (Å²) in [5, 5.41) is 34.8. The van der Waals surface area contributed by atoms with Gasteiger partial charge in [-0.15, -0.1) is 47.0 Å². The van der Waals surface area contributed by atoms with Gasteiger partial charge >= 0.3 is 23.9 Å². The zero-order chi connectivity index (χ0) is 17.1. The van der Waals surface area contributed by atoms with Gasteiger partial charge in [0.05, 0.1) is 32.2 Å². The maximum absolute atomic E-state index is 10.6. The molecule has 0 spiro atoms. The molecule has 0 aliphatic heterocycles. The summed E-state index contributed by atoms with van der Waals surface area (Å²) in [5.74, 6) is -5.48. The average molecular weight is 390 g/mol. The first-order valence-corrected chi connectivity index (χ1v) is 9.75. The number of thioether (sulfide) groups is 4. The number of rotatable bonds is 13. The van der Waals surface area contributed by atoms with Crippen LogP contribution in [0.1, 0.15) is 0 Å². The fourth-order valence-electron chi connectivity index (χ4n) is 1.02. The summed E-state index contributed by atoms with van der Waals surface area (Å²) in [5.41, 5.74) is 0. The van der Waals surface area contributed by atoms with E-state index in [1.807, 2.05) is 0 Å². The van der Waals surface area contributed by atoms with E-state index in [0.29, 0.717) is 0 Å². The molecule has 0 amide bonds. The van der Waals surface area contributed by atoms with Gasteiger partial charge in [-0.05, 0) is 0 Å². The van der Waals surface area contributed by atoms with E-state index >= 15 is 0 Å². The van der Waals surface area contributed by atoms with Crippen molar-refractivity contribution >= 4 is 70.9 Å². The van der Waals surface area contributed by atoms with Crippen molar-refractivity contribution in [2.75, 3.05) is 23.0 Å². The number of hydrogen-bond donors (Lipinski definition) is 4. The van der Waals surface area contributed by atoms with Gasteiger partial charge < -0.3 is 20.4 Å². The second-order valence-corrected chi connectivity index (χ2v) is 8.67. The molecule has 0 aliphatic carbocycles. The van der Waals surface area contributed by atoms with Gasteiger partial charge in [-0.3, -0.25) is 19.2 Å². The summed E-state index contributed by atoms with van der Waals surface area (Å²) in [6.45, 7) is 0. The normalized spacial score (nSPS) is 10.8. The van der Waals surface area contributed by atoms with E-state index in [1.165, 1.54) is 0 Å². The minimum Gasteiger partial charge on any atom is -0.481 e. The molecule has 8 nitrogen and oxygen atoms in total. The van der Waals surface area contributed by atoms with Gasteiger partial charge in [-0.2, -0.15) is 0 Å². The summed E-state index contributed by atoms with van der Waals surface area (Å²) in [4.78, 5) is 42.6. The molecular formula is C10H14O8S4. The van der Waals surface area contributed by atoms with Crippen molar-refractivity contribution in [3.05, 3.63) is 0 Å². The van der Waals surface area contributed by atoms with Gasteiger partial charge in [0, 0.05) is 0 Å². The fraction of sp³-hybridized carbons (Fsp3) is 0.600. The van der Waals surface area contributed by atoms with Gasteiger partial charge in [0.1, 0.15) is 0 Å². The quantitative estimate of drug-likeness (QED) is 0.331. The molecule has 0 unspecified atom stereocenters. The molecule has 22 heavy (non-hydrogen) atoms. The molecule has 0 rings (SSSR count). The Morgan fingerprint density at radius 1 is 0.545 bits per heavy atom. The molecule has 0 aromatic heterocycles. The van der Waals surface area contributed by atoms with Crippen molar-refractivity contribution in [1.29, 1.82) is 0 Å². The van der Waals surface area contributed by atoms with E-state index in [-0.39, 0.29) is 23.0 Å². The smallest absolute Gasteiger partial charge is 0.313 e. The first-order chi connectivity index (χ1) is 10.2. The highest BCUT2D eigenvalue weighted by Gasteiger charge is 2.27. The van der Waals surface area contributed by atoms with Crippen LogP contribution in [0.25, 0.3) is 0 Å². The van der Waals surface area contributed by atoms with Gasteiger partial charge in [0.25, 0.3) is 0 Å². The third-order valence-corrected chi connectivity index (χ3v) is 8.09. The largest absolute Gasteiger partial charge is 0.481 e. The second-order valence-electron chi connectivity index (χ2n) is 3.56. The second kappa shape index (κ2) is 11.8. The highest BCUT2D eigenvalue weighted by molar-refractivity contribution is 8.24. The summed E-state index contributed by atoms with van der Waals surface area (Å²) >= 11 is 3.82. The molecule has 12 heteroatoms. The first kappa shape index (κ1) is 21.3. The summed E-state index contributed by atoms with van der Waals surface area (Å²) in [7, 11) is 0. The molecule has 0 saturated heterocycles. The average Bonchev–Trinajstić information content (AvgIpc) is 2.38. The van der Waals surface area contributed by atoms with Crippen LogP contribution < -0.4 is 0 Å². The Morgan fingerprint density at radius 3 is 0.864 bits per heavy atom. The third-order valence-electron chi connectivity index (χ3n) is 1.71. The van der Waals surface area contributed by atoms with Crippen molar-refractivity contribution in [3.63, 3.8) is 0 Å². The zero-order valence-electron chi connectivity index (χ0n) is 11.0. The number of hydrogen-bond acceptors (Lipinski definition) is 8. The number of carboxylic acid groups (broad SMARTS) is 4. The molecule has 126 valence electrons. The predicted molar refractivity (Wildman–Crippen MR) is 88.0 cm³/mol. The molecule has 0 atom stereocenters. The molecule has 4 N–H and O–H groups in total. The van der Waals surface area contributed by atoms with Crippen molar-refractivity contribution < 1.29 is 39.6 Å². The zero-order valence-corrected chi connectivity index (χ0v) is 14.3. The number of aliphatic carboxylic acids is 4. The lowest BCUT2D eigenvalue weighted by Crippen LogP contribution is -2.21. The van der Waals surface area contributed by atoms with E-state index in [0.717, 1.165) is 47.0 Å². The van der Waals surface area contributed by atoms with E-state index < -0.39 is 33.0 Å². The van der Waals surface area contributed by atoms with Crippen molar-refractivity contribution in [3.8, 4) is 0 Å². The van der Waals surface area contributed by atoms with Gasteiger partial charge in [0.15, 0.2) is 0 Å². The molecule has 0 aromatic rings. The summed E-state index contributed by atoms with van der Waals surface area (Å²) in [6.07, 6.45) is 0. The minimum absolute atomic E-state index is 0.283. The molecule has 0 heterocycles. The third kappa shape index (κ3) is 11.9. The van der Waals surface area contributed by atoms with Gasteiger partial charge in [0.2, 0.25) is 0 Å². The Balaban J connectivity index is 4.84. The Kier molecular flexibility index (Phi) is 11.4. The van der Waals surface area contributed by atoms with Crippen LogP contribution in [-0.4, -0.2) is 76.5 Å². The van der Waals surface area contributed by atoms with Crippen molar-refractivity contribution in [2.24, 2.45) is 0 Å². The predicted octanol–water partition coefficient (Wildman–Crippen LogP) is 0.910. The molecule has 0 aliphatic rings. The topological polar surface area (TPSA) is 149 Å². The molecule has 0 bridgehead atoms. The fourth-order valence-corrected chi connectivity index (χ4v) is 6.35. The van der Waals surface area contributed by atoms with Crippen LogP contribution in [0.4, 0.5) is 0 Å². The van der Waals surface area contributed by atoms with Crippen molar-refractivity contribution in [2.45, 2.75) is 9.16 Å². The van der Waals surface area contributed by atoms with Crippen LogP contribution in [-0.2, 0) is 19.2 Å². The maximum atomic E-state index is 10.6. The molecule has 0 fully saturated rings. The lowest BCUT2D eigenvalue weighted by atomic mass is 10.8. The van der Waals surface area contributed by atoms with Crippen LogP contribution in [0, 0.1) is 0 Å². The molecule has 0 saturated carbocycles. The molecular weight excluding hydrogens is 376 g/mol. The van der Waals surface area contributed by atoms with Crippen LogP contribution >= 0.6 is 47.0 Å².